The van der Waals surface area contributed by atoms with Gasteiger partial charge in [0, 0.05) is 29.7 Å². The minimum absolute atomic E-state index is 0.0498. The SMILES string of the molecule is COC(=O)CC[C@H](O[C@H]1O[C@@H]2O[C@]3(C)CC[C@H]4[C@H](C)CCC([C@H]1C)[C@@]24OO3)c1ccc(Cl)cc1. The van der Waals surface area contributed by atoms with Gasteiger partial charge in [-0.1, -0.05) is 37.6 Å². The molecule has 1 aromatic rings. The van der Waals surface area contributed by atoms with Gasteiger partial charge in [-0.3, -0.25) is 4.79 Å². The Bertz CT molecular complexity index is 894. The molecule has 1 aromatic carbocycles. The number of hydrogen-bond donors (Lipinski definition) is 0. The molecule has 0 radical (unpaired) electrons. The van der Waals surface area contributed by atoms with Crippen molar-refractivity contribution in [3.63, 3.8) is 0 Å². The Morgan fingerprint density at radius 1 is 1.15 bits per heavy atom. The first-order valence-electron chi connectivity index (χ1n) is 12.4. The molecule has 1 aliphatic carbocycles. The smallest absolute Gasteiger partial charge is 0.305 e. The molecule has 1 spiro atoms. The van der Waals surface area contributed by atoms with Crippen LogP contribution in [0.15, 0.2) is 24.3 Å². The van der Waals surface area contributed by atoms with Crippen molar-refractivity contribution in [2.24, 2.45) is 23.7 Å². The standard InChI is InChI=1S/C26H35ClO7/c1-15-5-10-20-16(2)23(31-24-26(20)19(15)13-14-25(3,32-24)33-34-26)30-21(11-12-22(28)29-4)17-6-8-18(27)9-7-17/h6-9,15-16,19-21,23-24H,5,10-14H2,1-4H3/t15-,16-,19+,20?,21+,23+,24-,25+,26-/m1/s1. The van der Waals surface area contributed by atoms with Gasteiger partial charge in [-0.15, -0.1) is 0 Å². The molecule has 0 amide bonds. The number of fused-ring (bicyclic) bond motifs is 2. The van der Waals surface area contributed by atoms with Crippen LogP contribution in [0.5, 0.6) is 0 Å². The van der Waals surface area contributed by atoms with Crippen molar-refractivity contribution in [3.8, 4) is 0 Å². The summed E-state index contributed by atoms with van der Waals surface area (Å²) in [5.74, 6) is -0.0771. The zero-order chi connectivity index (χ0) is 24.1. The van der Waals surface area contributed by atoms with E-state index in [1.165, 1.54) is 7.11 Å². The van der Waals surface area contributed by atoms with E-state index in [0.717, 1.165) is 31.2 Å². The summed E-state index contributed by atoms with van der Waals surface area (Å²) in [6.45, 7) is 6.38. The molecule has 4 heterocycles. The summed E-state index contributed by atoms with van der Waals surface area (Å²) in [6.07, 6.45) is 3.15. The molecular formula is C26H35ClO7. The Kier molecular flexibility index (Phi) is 6.72. The Morgan fingerprint density at radius 2 is 1.91 bits per heavy atom. The van der Waals surface area contributed by atoms with Crippen molar-refractivity contribution >= 4 is 17.6 Å². The maximum atomic E-state index is 11.9. The third-order valence-electron chi connectivity index (χ3n) is 8.48. The van der Waals surface area contributed by atoms with Gasteiger partial charge in [0.25, 0.3) is 0 Å². The first kappa shape index (κ1) is 24.5. The van der Waals surface area contributed by atoms with E-state index in [2.05, 4.69) is 13.8 Å². The minimum atomic E-state index is -0.830. The molecule has 5 fully saturated rings. The fourth-order valence-electron chi connectivity index (χ4n) is 6.53. The molecule has 6 rings (SSSR count). The predicted molar refractivity (Wildman–Crippen MR) is 123 cm³/mol. The molecule has 188 valence electrons. The maximum absolute atomic E-state index is 11.9. The van der Waals surface area contributed by atoms with Crippen LogP contribution in [0.4, 0.5) is 0 Å². The normalized spacial score (nSPS) is 41.9. The molecule has 5 aliphatic rings. The van der Waals surface area contributed by atoms with E-state index in [1.54, 1.807) is 0 Å². The highest BCUT2D eigenvalue weighted by molar-refractivity contribution is 6.30. The largest absolute Gasteiger partial charge is 0.469 e. The Morgan fingerprint density at radius 3 is 2.65 bits per heavy atom. The van der Waals surface area contributed by atoms with Crippen molar-refractivity contribution in [2.45, 2.75) is 89.4 Å². The number of hydrogen-bond acceptors (Lipinski definition) is 7. The molecule has 7 nitrogen and oxygen atoms in total. The molecule has 4 saturated heterocycles. The van der Waals surface area contributed by atoms with Gasteiger partial charge in [-0.25, -0.2) is 9.78 Å². The van der Waals surface area contributed by atoms with E-state index < -0.39 is 24.0 Å². The highest BCUT2D eigenvalue weighted by Crippen LogP contribution is 2.60. The number of methoxy groups -OCH3 is 1. The molecule has 1 unspecified atom stereocenters. The van der Waals surface area contributed by atoms with Gasteiger partial charge in [-0.2, -0.15) is 0 Å². The van der Waals surface area contributed by atoms with E-state index in [4.69, 9.17) is 40.3 Å². The third kappa shape index (κ3) is 4.18. The van der Waals surface area contributed by atoms with Crippen LogP contribution in [0.2, 0.25) is 5.02 Å². The fourth-order valence-corrected chi connectivity index (χ4v) is 6.66. The van der Waals surface area contributed by atoms with Crippen LogP contribution in [0.3, 0.4) is 0 Å². The molecule has 2 bridgehead atoms. The average molecular weight is 495 g/mol. The topological polar surface area (TPSA) is 72.5 Å². The van der Waals surface area contributed by atoms with Crippen LogP contribution in [0, 0.1) is 23.7 Å². The van der Waals surface area contributed by atoms with E-state index in [0.29, 0.717) is 23.3 Å². The second-order valence-electron chi connectivity index (χ2n) is 10.6. The van der Waals surface area contributed by atoms with Crippen LogP contribution in [-0.2, 0) is 33.5 Å². The number of ether oxygens (including phenoxy) is 4. The lowest BCUT2D eigenvalue weighted by Crippen LogP contribution is -2.70. The number of halogens is 1. The quantitative estimate of drug-likeness (QED) is 0.378. The summed E-state index contributed by atoms with van der Waals surface area (Å²) >= 11 is 6.11. The summed E-state index contributed by atoms with van der Waals surface area (Å²) in [6, 6.07) is 7.52. The monoisotopic (exact) mass is 494 g/mol. The molecule has 4 aliphatic heterocycles. The summed E-state index contributed by atoms with van der Waals surface area (Å²) < 4.78 is 24.5. The van der Waals surface area contributed by atoms with E-state index in [9.17, 15) is 4.79 Å². The van der Waals surface area contributed by atoms with Crippen LogP contribution in [-0.4, -0.2) is 37.0 Å². The number of esters is 1. The Balaban J connectivity index is 1.42. The summed E-state index contributed by atoms with van der Waals surface area (Å²) in [7, 11) is 1.40. The molecule has 1 saturated carbocycles. The lowest BCUT2D eigenvalue weighted by Gasteiger charge is -2.60. The average Bonchev–Trinajstić information content (AvgIpc) is 3.06. The summed E-state index contributed by atoms with van der Waals surface area (Å²) in [4.78, 5) is 24.0. The number of carbonyl (C=O) groups is 1. The molecule has 34 heavy (non-hydrogen) atoms. The van der Waals surface area contributed by atoms with Crippen LogP contribution < -0.4 is 0 Å². The van der Waals surface area contributed by atoms with Gasteiger partial charge in [-0.05, 0) is 62.1 Å². The lowest BCUT2D eigenvalue weighted by atomic mass is 9.58. The zero-order valence-electron chi connectivity index (χ0n) is 20.3. The van der Waals surface area contributed by atoms with Gasteiger partial charge in [0.05, 0.1) is 13.2 Å². The van der Waals surface area contributed by atoms with E-state index >= 15 is 0 Å². The van der Waals surface area contributed by atoms with Crippen LogP contribution >= 0.6 is 11.6 Å². The number of rotatable bonds is 6. The van der Waals surface area contributed by atoms with Crippen molar-refractivity contribution in [2.75, 3.05) is 7.11 Å². The Hall–Kier alpha value is -1.22. The van der Waals surface area contributed by atoms with Gasteiger partial charge in [0.15, 0.2) is 18.2 Å². The zero-order valence-corrected chi connectivity index (χ0v) is 21.1. The number of carbonyl (C=O) groups excluding carboxylic acids is 1. The summed E-state index contributed by atoms with van der Waals surface area (Å²) in [5.41, 5.74) is 0.309. The first-order valence-corrected chi connectivity index (χ1v) is 12.8. The molecule has 9 atom stereocenters. The van der Waals surface area contributed by atoms with Crippen molar-refractivity contribution in [3.05, 3.63) is 34.9 Å². The van der Waals surface area contributed by atoms with Gasteiger partial charge in [0.1, 0.15) is 0 Å². The fraction of sp³-hybridized carbons (Fsp3) is 0.731. The third-order valence-corrected chi connectivity index (χ3v) is 8.73. The van der Waals surface area contributed by atoms with E-state index in [1.807, 2.05) is 31.2 Å². The molecule has 0 N–H and O–H groups in total. The van der Waals surface area contributed by atoms with Gasteiger partial charge in [0.2, 0.25) is 5.79 Å². The highest BCUT2D eigenvalue weighted by atomic mass is 35.5. The van der Waals surface area contributed by atoms with Crippen LogP contribution in [0.25, 0.3) is 0 Å². The lowest BCUT2D eigenvalue weighted by molar-refractivity contribution is -0.578. The predicted octanol–water partition coefficient (Wildman–Crippen LogP) is 5.56. The number of benzene rings is 1. The highest BCUT2D eigenvalue weighted by Gasteiger charge is 2.69. The second kappa shape index (κ2) is 9.34. The van der Waals surface area contributed by atoms with Crippen molar-refractivity contribution in [1.82, 2.24) is 0 Å². The molecule has 8 heteroatoms. The van der Waals surface area contributed by atoms with Gasteiger partial charge < -0.3 is 18.9 Å². The van der Waals surface area contributed by atoms with Gasteiger partial charge >= 0.3 is 5.97 Å². The summed E-state index contributed by atoms with van der Waals surface area (Å²) in [5, 5.41) is 0.648. The first-order chi connectivity index (χ1) is 16.3. The molecular weight excluding hydrogens is 460 g/mol. The van der Waals surface area contributed by atoms with Crippen molar-refractivity contribution in [1.29, 1.82) is 0 Å². The minimum Gasteiger partial charge on any atom is -0.469 e. The van der Waals surface area contributed by atoms with Crippen molar-refractivity contribution < 1.29 is 33.5 Å². The second-order valence-corrected chi connectivity index (χ2v) is 11.0. The van der Waals surface area contributed by atoms with Crippen LogP contribution in [0.1, 0.15) is 71.0 Å². The Labute approximate surface area is 206 Å². The molecule has 0 aromatic heterocycles. The van der Waals surface area contributed by atoms with E-state index in [-0.39, 0.29) is 30.3 Å². The maximum Gasteiger partial charge on any atom is 0.305 e.